The van der Waals surface area contributed by atoms with Gasteiger partial charge in [0.05, 0.1) is 6.61 Å². The van der Waals surface area contributed by atoms with Crippen LogP contribution in [0.15, 0.2) is 0 Å². The van der Waals surface area contributed by atoms with Gasteiger partial charge in [0.1, 0.15) is 0 Å². The van der Waals surface area contributed by atoms with Crippen LogP contribution in [0.3, 0.4) is 0 Å². The number of ether oxygens (including phenoxy) is 1. The molecule has 0 bridgehead atoms. The van der Waals surface area contributed by atoms with Crippen molar-refractivity contribution in [2.45, 2.75) is 33.2 Å². The van der Waals surface area contributed by atoms with Crippen LogP contribution in [-0.4, -0.2) is 18.7 Å². The van der Waals surface area contributed by atoms with Gasteiger partial charge in [0.25, 0.3) is 0 Å². The van der Waals surface area contributed by atoms with Crippen LogP contribution in [0.5, 0.6) is 0 Å². The summed E-state index contributed by atoms with van der Waals surface area (Å²) < 4.78 is 4.66. The molecule has 62 valence electrons. The molecule has 10 heavy (non-hydrogen) atoms. The van der Waals surface area contributed by atoms with Crippen molar-refractivity contribution in [1.82, 2.24) is 5.32 Å². The third-order valence-electron chi connectivity index (χ3n) is 1.25. The van der Waals surface area contributed by atoms with Crippen LogP contribution in [0.1, 0.15) is 28.6 Å². The molecule has 0 aromatic rings. The minimum Gasteiger partial charge on any atom is -0.450 e. The molecule has 0 saturated carbocycles. The second kappa shape index (κ2) is 5.09. The minimum atomic E-state index is -0.322. The monoisotopic (exact) mass is 147 g/mol. The second-order valence-electron chi connectivity index (χ2n) is 2.17. The van der Waals surface area contributed by atoms with Gasteiger partial charge in [-0.25, -0.2) is 4.79 Å². The van der Waals surface area contributed by atoms with E-state index in [-0.39, 0.29) is 13.6 Å². The van der Waals surface area contributed by atoms with E-state index in [2.05, 4.69) is 10.1 Å². The fourth-order valence-electron chi connectivity index (χ4n) is 0.476. The van der Waals surface area contributed by atoms with Gasteiger partial charge in [-0.2, -0.15) is 0 Å². The molecule has 1 amide bonds. The molecule has 0 fully saturated rings. The van der Waals surface area contributed by atoms with Crippen LogP contribution in [0, 0.1) is 0 Å². The van der Waals surface area contributed by atoms with Crippen molar-refractivity contribution < 1.29 is 11.0 Å². The molecule has 3 nitrogen and oxygen atoms in total. The number of nitrogens with one attached hydrogen (secondary N) is 1. The van der Waals surface area contributed by atoms with Crippen molar-refractivity contribution in [3.63, 3.8) is 0 Å². The van der Waals surface area contributed by atoms with Gasteiger partial charge in [0.15, 0.2) is 0 Å². The van der Waals surface area contributed by atoms with E-state index >= 15 is 0 Å². The summed E-state index contributed by atoms with van der Waals surface area (Å²) >= 11 is 0. The Hall–Kier alpha value is -0.730. The molecular weight excluding hydrogens is 130 g/mol. The van der Waals surface area contributed by atoms with Gasteiger partial charge in [-0.05, 0) is 20.3 Å². The summed E-state index contributed by atoms with van der Waals surface area (Å²) in [6.07, 6.45) is 0.607. The van der Waals surface area contributed by atoms with E-state index in [1.54, 1.807) is 6.92 Å². The van der Waals surface area contributed by atoms with Crippen LogP contribution >= 0.6 is 0 Å². The van der Waals surface area contributed by atoms with Crippen LogP contribution in [0.25, 0.3) is 0 Å². The number of carbonyl (C=O) groups excluding carboxylic acids is 1. The fraction of sp³-hybridized carbons (Fsp3) is 0.857. The van der Waals surface area contributed by atoms with Gasteiger partial charge in [0.2, 0.25) is 0 Å². The zero-order valence-corrected chi connectivity index (χ0v) is 6.81. The lowest BCUT2D eigenvalue weighted by atomic mass is 10.3. The minimum absolute atomic E-state index is 0. The SMILES string of the molecule is CCOC(=O)NC(C)CC.[HH]. The highest BCUT2D eigenvalue weighted by molar-refractivity contribution is 5.67. The summed E-state index contributed by atoms with van der Waals surface area (Å²) in [5.41, 5.74) is 0. The maximum atomic E-state index is 10.7. The largest absolute Gasteiger partial charge is 0.450 e. The molecule has 0 radical (unpaired) electrons. The normalized spacial score (nSPS) is 12.3. The van der Waals surface area contributed by atoms with Gasteiger partial charge < -0.3 is 10.1 Å². The fourth-order valence-corrected chi connectivity index (χ4v) is 0.476. The quantitative estimate of drug-likeness (QED) is 0.660. The Kier molecular flexibility index (Phi) is 4.72. The Balaban J connectivity index is 0. The average molecular weight is 147 g/mol. The topological polar surface area (TPSA) is 38.3 Å². The lowest BCUT2D eigenvalue weighted by Crippen LogP contribution is -2.32. The Morgan fingerprint density at radius 2 is 2.30 bits per heavy atom. The number of amides is 1. The summed E-state index contributed by atoms with van der Waals surface area (Å²) in [4.78, 5) is 10.7. The first kappa shape index (κ1) is 9.27. The number of hydrogen-bond donors (Lipinski definition) is 1. The van der Waals surface area contributed by atoms with Crippen molar-refractivity contribution in [2.24, 2.45) is 0 Å². The average Bonchev–Trinajstić information content (AvgIpc) is 1.88. The molecule has 0 aliphatic heterocycles. The van der Waals surface area contributed by atoms with Gasteiger partial charge in [-0.1, -0.05) is 6.92 Å². The van der Waals surface area contributed by atoms with Crippen molar-refractivity contribution in [3.05, 3.63) is 0 Å². The molecule has 0 heterocycles. The predicted molar refractivity (Wildman–Crippen MR) is 42.0 cm³/mol. The number of alkyl carbamates (subject to hydrolysis) is 1. The highest BCUT2D eigenvalue weighted by Gasteiger charge is 2.03. The first-order chi connectivity index (χ1) is 4.70. The predicted octanol–water partition coefficient (Wildman–Crippen LogP) is 1.78. The summed E-state index contributed by atoms with van der Waals surface area (Å²) in [6, 6.07) is 0.207. The van der Waals surface area contributed by atoms with Crippen molar-refractivity contribution in [3.8, 4) is 0 Å². The van der Waals surface area contributed by atoms with Crippen LogP contribution < -0.4 is 5.32 Å². The molecule has 0 aromatic carbocycles. The molecule has 1 unspecified atom stereocenters. The van der Waals surface area contributed by atoms with Gasteiger partial charge in [0, 0.05) is 7.47 Å². The van der Waals surface area contributed by atoms with E-state index in [0.717, 1.165) is 6.42 Å². The lowest BCUT2D eigenvalue weighted by molar-refractivity contribution is 0.148. The van der Waals surface area contributed by atoms with Crippen molar-refractivity contribution in [2.75, 3.05) is 6.61 Å². The number of carbonyl (C=O) groups is 1. The van der Waals surface area contributed by atoms with E-state index in [0.29, 0.717) is 6.61 Å². The standard InChI is InChI=1S/C7H15NO2.H2/c1-4-6(3)8-7(9)10-5-2;/h6H,4-5H2,1-3H3,(H,8,9);1H. The highest BCUT2D eigenvalue weighted by Crippen LogP contribution is 1.88. The third-order valence-corrected chi connectivity index (χ3v) is 1.25. The van der Waals surface area contributed by atoms with Crippen LogP contribution in [-0.2, 0) is 4.74 Å². The summed E-state index contributed by atoms with van der Waals surface area (Å²) in [6.45, 7) is 6.17. The van der Waals surface area contributed by atoms with Crippen LogP contribution in [0.2, 0.25) is 0 Å². The maximum absolute atomic E-state index is 10.7. The zero-order valence-electron chi connectivity index (χ0n) is 6.81. The van der Waals surface area contributed by atoms with Gasteiger partial charge >= 0.3 is 6.09 Å². The molecule has 0 aromatic heterocycles. The van der Waals surface area contributed by atoms with Gasteiger partial charge in [-0.15, -0.1) is 0 Å². The molecule has 0 aliphatic rings. The number of hydrogen-bond acceptors (Lipinski definition) is 2. The van der Waals surface area contributed by atoms with E-state index in [4.69, 9.17) is 0 Å². The summed E-state index contributed by atoms with van der Waals surface area (Å²) in [7, 11) is 0. The molecule has 1 atom stereocenters. The second-order valence-corrected chi connectivity index (χ2v) is 2.17. The first-order valence-corrected chi connectivity index (χ1v) is 3.64. The zero-order chi connectivity index (χ0) is 7.98. The first-order valence-electron chi connectivity index (χ1n) is 3.64. The van der Waals surface area contributed by atoms with E-state index in [1.807, 2.05) is 13.8 Å². The molecular formula is C7H17NO2. The smallest absolute Gasteiger partial charge is 0.407 e. The highest BCUT2D eigenvalue weighted by atomic mass is 16.5. The van der Waals surface area contributed by atoms with E-state index < -0.39 is 0 Å². The van der Waals surface area contributed by atoms with Gasteiger partial charge in [-0.3, -0.25) is 0 Å². The Labute approximate surface area is 63.2 Å². The number of rotatable bonds is 3. The lowest BCUT2D eigenvalue weighted by Gasteiger charge is -2.09. The van der Waals surface area contributed by atoms with Crippen molar-refractivity contribution >= 4 is 6.09 Å². The Bertz CT molecular complexity index is 109. The Morgan fingerprint density at radius 1 is 1.70 bits per heavy atom. The molecule has 1 N–H and O–H groups in total. The third kappa shape index (κ3) is 4.18. The summed E-state index contributed by atoms with van der Waals surface area (Å²) in [5.74, 6) is 0. The Morgan fingerprint density at radius 3 is 2.70 bits per heavy atom. The van der Waals surface area contributed by atoms with Crippen LogP contribution in [0.4, 0.5) is 4.79 Å². The van der Waals surface area contributed by atoms with E-state index in [1.165, 1.54) is 0 Å². The maximum Gasteiger partial charge on any atom is 0.407 e. The molecule has 0 spiro atoms. The van der Waals surface area contributed by atoms with Crippen molar-refractivity contribution in [1.29, 1.82) is 0 Å². The molecule has 0 aliphatic carbocycles. The molecule has 0 saturated heterocycles. The molecule has 3 heteroatoms. The summed E-state index contributed by atoms with van der Waals surface area (Å²) in [5, 5.41) is 2.67. The molecule has 0 rings (SSSR count). The van der Waals surface area contributed by atoms with E-state index in [9.17, 15) is 4.79 Å².